The molecule has 0 amide bonds. The average molecular weight is 476 g/mol. The van der Waals surface area contributed by atoms with Gasteiger partial charge in [-0.15, -0.1) is 0 Å². The second kappa shape index (κ2) is 7.50. The van der Waals surface area contributed by atoms with Crippen molar-refractivity contribution < 1.29 is 9.53 Å². The van der Waals surface area contributed by atoms with E-state index >= 15 is 0 Å². The molecule has 26 heavy (non-hydrogen) atoms. The van der Waals surface area contributed by atoms with E-state index in [1.54, 1.807) is 0 Å². The average Bonchev–Trinajstić information content (AvgIpc) is 2.74. The first-order valence-corrected chi connectivity index (χ1v) is 13.6. The first-order valence-electron chi connectivity index (χ1n) is 8.51. The predicted octanol–water partition coefficient (Wildman–Crippen LogP) is 4.43. The number of ether oxygens (including phenoxy) is 1. The van der Waals surface area contributed by atoms with Crippen LogP contribution in [0.5, 0.6) is 0 Å². The van der Waals surface area contributed by atoms with Crippen LogP contribution in [-0.2, 0) is 9.53 Å². The van der Waals surface area contributed by atoms with Gasteiger partial charge < -0.3 is 0 Å². The van der Waals surface area contributed by atoms with Gasteiger partial charge in [-0.25, -0.2) is 0 Å². The fourth-order valence-electron chi connectivity index (χ4n) is 3.64. The molecule has 134 valence electrons. The molecule has 0 spiro atoms. The van der Waals surface area contributed by atoms with Crippen molar-refractivity contribution in [1.29, 1.82) is 0 Å². The minimum atomic E-state index is -3.13. The van der Waals surface area contributed by atoms with Gasteiger partial charge in [0.15, 0.2) is 0 Å². The zero-order valence-electron chi connectivity index (χ0n) is 14.9. The van der Waals surface area contributed by atoms with Gasteiger partial charge in [-0.2, -0.15) is 0 Å². The Balaban J connectivity index is 2.50. The van der Waals surface area contributed by atoms with Crippen molar-refractivity contribution in [3.05, 3.63) is 91.0 Å². The van der Waals surface area contributed by atoms with Gasteiger partial charge in [0.1, 0.15) is 0 Å². The van der Waals surface area contributed by atoms with Crippen LogP contribution in [-0.4, -0.2) is 18.7 Å². The molecular weight excluding hydrogens is 454 g/mol. The molecule has 0 aliphatic heterocycles. The van der Waals surface area contributed by atoms with Gasteiger partial charge in [-0.1, -0.05) is 0 Å². The maximum atomic E-state index is 12.9. The first kappa shape index (κ1) is 19.1. The van der Waals surface area contributed by atoms with Crippen LogP contribution in [0.15, 0.2) is 91.0 Å². The van der Waals surface area contributed by atoms with E-state index < -0.39 is 4.25 Å². The number of carbonyl (C=O) groups is 1. The summed E-state index contributed by atoms with van der Waals surface area (Å²) in [6, 6.07) is 31.2. The third-order valence-corrected chi connectivity index (χ3v) is 18.2. The predicted molar refractivity (Wildman–Crippen MR) is 121 cm³/mol. The Morgan fingerprint density at radius 2 is 1.08 bits per heavy atom. The summed E-state index contributed by atoms with van der Waals surface area (Å²) in [5.41, 5.74) is -0.321. The van der Waals surface area contributed by atoms with Gasteiger partial charge in [-0.3, -0.25) is 0 Å². The number of rotatable bonds is 5. The fraction of sp³-hybridized carbons (Fsp3) is 0.136. The Hall–Kier alpha value is -1.71. The van der Waals surface area contributed by atoms with Crippen molar-refractivity contribution in [1.82, 2.24) is 0 Å². The van der Waals surface area contributed by atoms with E-state index in [2.05, 4.69) is 58.4 Å². The number of esters is 1. The normalized spacial score (nSPS) is 14.0. The van der Waals surface area contributed by atoms with Gasteiger partial charge in [0.25, 0.3) is 0 Å². The van der Waals surface area contributed by atoms with Crippen LogP contribution < -0.4 is 15.9 Å². The van der Waals surface area contributed by atoms with Crippen LogP contribution >= 0.6 is 26.3 Å². The van der Waals surface area contributed by atoms with Crippen LogP contribution in [0.1, 0.15) is 6.92 Å². The molecule has 3 aromatic rings. The Bertz CT molecular complexity index is 782. The summed E-state index contributed by atoms with van der Waals surface area (Å²) in [4.78, 5) is 12.9. The molecule has 3 rings (SSSR count). The Morgan fingerprint density at radius 1 is 0.769 bits per heavy atom. The summed E-state index contributed by atoms with van der Waals surface area (Å²) < 4.78 is 2.10. The van der Waals surface area contributed by atoms with Crippen LogP contribution in [0.3, 0.4) is 0 Å². The van der Waals surface area contributed by atoms with Gasteiger partial charge in [0, 0.05) is 0 Å². The van der Waals surface area contributed by atoms with Gasteiger partial charge in [0.05, 0.1) is 0 Å². The molecule has 0 aliphatic carbocycles. The van der Waals surface area contributed by atoms with Gasteiger partial charge in [0.2, 0.25) is 0 Å². The second-order valence-corrected chi connectivity index (χ2v) is 16.8. The molecule has 0 fully saturated rings. The zero-order valence-corrected chi connectivity index (χ0v) is 17.9. The van der Waals surface area contributed by atoms with Crippen LogP contribution in [0.25, 0.3) is 0 Å². The van der Waals surface area contributed by atoms with E-state index in [1.165, 1.54) is 23.0 Å². The van der Waals surface area contributed by atoms with E-state index in [0.29, 0.717) is 0 Å². The number of methoxy groups -OCH3 is 1. The maximum absolute atomic E-state index is 12.9. The standard InChI is InChI=1S/C22H22IO2P/c1-18(22(24)25-2)26(23,19-12-6-3-7-13-19,20-14-8-4-9-15-20)21-16-10-5-11-17-21/h3-18H,1-2H3. The van der Waals surface area contributed by atoms with Crippen molar-refractivity contribution in [3.8, 4) is 0 Å². The summed E-state index contributed by atoms with van der Waals surface area (Å²) in [5.74, 6) is -0.186. The van der Waals surface area contributed by atoms with E-state index in [1.807, 2.05) is 61.5 Å². The third kappa shape index (κ3) is 2.78. The summed E-state index contributed by atoms with van der Waals surface area (Å²) in [7, 11) is 1.47. The van der Waals surface area contributed by atoms with Gasteiger partial charge in [-0.05, 0) is 0 Å². The molecule has 1 unspecified atom stereocenters. The van der Waals surface area contributed by atoms with E-state index in [-0.39, 0.29) is 11.6 Å². The molecule has 0 aliphatic rings. The summed E-state index contributed by atoms with van der Waals surface area (Å²) in [6.07, 6.45) is 0. The molecule has 0 saturated heterocycles. The molecule has 0 saturated carbocycles. The molecule has 0 aromatic heterocycles. The molecule has 4 heteroatoms. The monoisotopic (exact) mass is 476 g/mol. The third-order valence-electron chi connectivity index (χ3n) is 5.05. The number of carbonyl (C=O) groups excluding carboxylic acids is 1. The molecule has 3 aromatic carbocycles. The van der Waals surface area contributed by atoms with Crippen LogP contribution in [0, 0.1) is 0 Å². The quantitative estimate of drug-likeness (QED) is 0.310. The molecular formula is C22H22IO2P. The Morgan fingerprint density at radius 3 is 1.35 bits per heavy atom. The van der Waals surface area contributed by atoms with E-state index in [0.717, 1.165) is 0 Å². The topological polar surface area (TPSA) is 26.3 Å². The van der Waals surface area contributed by atoms with Crippen LogP contribution in [0.2, 0.25) is 0 Å². The SMILES string of the molecule is COC(=O)C(C)P(I)(c1ccccc1)(c1ccccc1)c1ccccc1. The first-order chi connectivity index (χ1) is 12.5. The van der Waals surface area contributed by atoms with Crippen molar-refractivity contribution in [3.63, 3.8) is 0 Å². The minimum absolute atomic E-state index is 0.186. The van der Waals surface area contributed by atoms with Gasteiger partial charge >= 0.3 is 168 Å². The molecule has 2 nitrogen and oxygen atoms in total. The molecule has 0 heterocycles. The van der Waals surface area contributed by atoms with Crippen molar-refractivity contribution in [2.75, 3.05) is 7.11 Å². The Labute approximate surface area is 168 Å². The molecule has 1 atom stereocenters. The van der Waals surface area contributed by atoms with E-state index in [9.17, 15) is 4.79 Å². The zero-order chi connectivity index (χ0) is 18.6. The number of hydrogen-bond acceptors (Lipinski definition) is 2. The van der Waals surface area contributed by atoms with Crippen molar-refractivity contribution in [2.24, 2.45) is 0 Å². The molecule has 0 radical (unpaired) electrons. The number of hydrogen-bond donors (Lipinski definition) is 0. The molecule has 0 N–H and O–H groups in total. The second-order valence-electron chi connectivity index (χ2n) is 6.28. The number of halogens is 1. The number of benzene rings is 3. The van der Waals surface area contributed by atoms with Crippen LogP contribution in [0.4, 0.5) is 0 Å². The fourth-order valence-corrected chi connectivity index (χ4v) is 12.2. The summed E-state index contributed by atoms with van der Waals surface area (Å²) in [6.45, 7) is 2.00. The van der Waals surface area contributed by atoms with E-state index in [4.69, 9.17) is 4.74 Å². The van der Waals surface area contributed by atoms with Crippen molar-refractivity contribution >= 4 is 48.2 Å². The molecule has 0 bridgehead atoms. The summed E-state index contributed by atoms with van der Waals surface area (Å²) in [5, 5.41) is 3.53. The Kier molecular flexibility index (Phi) is 5.50. The van der Waals surface area contributed by atoms with Crippen molar-refractivity contribution in [2.45, 2.75) is 12.6 Å². The summed E-state index contributed by atoms with van der Waals surface area (Å²) >= 11 is 2.60.